The third-order valence-electron chi connectivity index (χ3n) is 2.46. The molecule has 1 aromatic heterocycles. The summed E-state index contributed by atoms with van der Waals surface area (Å²) in [4.78, 5) is 5.56. The van der Waals surface area contributed by atoms with E-state index in [2.05, 4.69) is 26.2 Å². The van der Waals surface area contributed by atoms with Crippen molar-refractivity contribution in [1.29, 1.82) is 0 Å². The molecule has 1 aromatic carbocycles. The molecule has 2 aromatic rings. The molecule has 0 atom stereocenters. The Bertz CT molecular complexity index is 513. The number of nitrogens with zero attached hydrogens (tertiary/aromatic N) is 1. The molecule has 0 saturated heterocycles. The predicted molar refractivity (Wildman–Crippen MR) is 78.2 cm³/mol. The van der Waals surface area contributed by atoms with Gasteiger partial charge in [0.1, 0.15) is 0 Å². The van der Waals surface area contributed by atoms with Gasteiger partial charge in [0.25, 0.3) is 0 Å². The second kappa shape index (κ2) is 5.85. The summed E-state index contributed by atoms with van der Waals surface area (Å²) in [6, 6.07) is 5.81. The molecule has 90 valence electrons. The SMILES string of the molecule is Cc1ncsc1CCNc1cccc(Cl)c1Br. The van der Waals surface area contributed by atoms with Crippen molar-refractivity contribution in [2.45, 2.75) is 13.3 Å². The normalized spacial score (nSPS) is 10.5. The first-order chi connectivity index (χ1) is 8.18. The summed E-state index contributed by atoms with van der Waals surface area (Å²) in [6.07, 6.45) is 0.982. The first-order valence-corrected chi connectivity index (χ1v) is 7.30. The predicted octanol–water partition coefficient (Wildman–Crippen LogP) is 4.52. The molecular weight excluding hydrogens is 320 g/mol. The molecule has 17 heavy (non-hydrogen) atoms. The number of anilines is 1. The molecule has 0 amide bonds. The van der Waals surface area contributed by atoms with E-state index in [1.54, 1.807) is 11.3 Å². The van der Waals surface area contributed by atoms with E-state index < -0.39 is 0 Å². The van der Waals surface area contributed by atoms with Crippen LogP contribution in [0.25, 0.3) is 0 Å². The van der Waals surface area contributed by atoms with Gasteiger partial charge in [-0.3, -0.25) is 0 Å². The number of hydrogen-bond acceptors (Lipinski definition) is 3. The van der Waals surface area contributed by atoms with Crippen molar-refractivity contribution in [2.75, 3.05) is 11.9 Å². The van der Waals surface area contributed by atoms with Crippen LogP contribution in [0.1, 0.15) is 10.6 Å². The Morgan fingerprint density at radius 2 is 2.29 bits per heavy atom. The first kappa shape index (κ1) is 12.9. The van der Waals surface area contributed by atoms with Crippen molar-refractivity contribution in [2.24, 2.45) is 0 Å². The molecule has 0 aliphatic heterocycles. The highest BCUT2D eigenvalue weighted by atomic mass is 79.9. The Balaban J connectivity index is 1.95. The maximum atomic E-state index is 6.02. The molecule has 0 aliphatic rings. The smallest absolute Gasteiger partial charge is 0.0797 e. The average Bonchev–Trinajstić information content (AvgIpc) is 2.71. The summed E-state index contributed by atoms with van der Waals surface area (Å²) >= 11 is 11.2. The van der Waals surface area contributed by atoms with E-state index >= 15 is 0 Å². The van der Waals surface area contributed by atoms with Gasteiger partial charge in [-0.15, -0.1) is 11.3 Å². The summed E-state index contributed by atoms with van der Waals surface area (Å²) in [5, 5.41) is 4.09. The molecular formula is C12H12BrClN2S. The third-order valence-corrected chi connectivity index (χ3v) is 4.86. The van der Waals surface area contributed by atoms with Gasteiger partial charge in [0.2, 0.25) is 0 Å². The van der Waals surface area contributed by atoms with Gasteiger partial charge in [0.15, 0.2) is 0 Å². The van der Waals surface area contributed by atoms with E-state index in [1.165, 1.54) is 4.88 Å². The van der Waals surface area contributed by atoms with Gasteiger partial charge in [-0.05, 0) is 35.0 Å². The van der Waals surface area contributed by atoms with E-state index in [-0.39, 0.29) is 0 Å². The molecule has 2 nitrogen and oxygen atoms in total. The minimum Gasteiger partial charge on any atom is -0.384 e. The molecule has 0 fully saturated rings. The number of halogens is 2. The number of hydrogen-bond donors (Lipinski definition) is 1. The molecule has 0 saturated carbocycles. The molecule has 0 bridgehead atoms. The van der Waals surface area contributed by atoms with Crippen molar-refractivity contribution < 1.29 is 0 Å². The van der Waals surface area contributed by atoms with E-state index in [4.69, 9.17) is 11.6 Å². The van der Waals surface area contributed by atoms with Gasteiger partial charge in [-0.25, -0.2) is 4.98 Å². The maximum Gasteiger partial charge on any atom is 0.0797 e. The van der Waals surface area contributed by atoms with Crippen LogP contribution in [-0.2, 0) is 6.42 Å². The number of thiazole rings is 1. The van der Waals surface area contributed by atoms with Gasteiger partial charge in [0, 0.05) is 23.5 Å². The third kappa shape index (κ3) is 3.21. The molecule has 1 N–H and O–H groups in total. The Hall–Kier alpha value is -0.580. The van der Waals surface area contributed by atoms with E-state index in [0.717, 1.165) is 33.8 Å². The minimum absolute atomic E-state index is 0.726. The summed E-state index contributed by atoms with van der Waals surface area (Å²) in [7, 11) is 0. The molecule has 0 aliphatic carbocycles. The largest absolute Gasteiger partial charge is 0.384 e. The van der Waals surface area contributed by atoms with Crippen LogP contribution in [0.15, 0.2) is 28.2 Å². The Kier molecular flexibility index (Phi) is 4.42. The summed E-state index contributed by atoms with van der Waals surface area (Å²) in [5.74, 6) is 0. The van der Waals surface area contributed by atoms with Crippen molar-refractivity contribution in [3.8, 4) is 0 Å². The lowest BCUT2D eigenvalue weighted by molar-refractivity contribution is 1.02. The van der Waals surface area contributed by atoms with Crippen LogP contribution in [0, 0.1) is 6.92 Å². The number of aromatic nitrogens is 1. The van der Waals surface area contributed by atoms with Crippen molar-refractivity contribution in [1.82, 2.24) is 4.98 Å². The number of nitrogens with one attached hydrogen (secondary N) is 1. The fourth-order valence-corrected chi connectivity index (χ4v) is 2.88. The van der Waals surface area contributed by atoms with Gasteiger partial charge in [0.05, 0.1) is 20.7 Å². The van der Waals surface area contributed by atoms with E-state index in [0.29, 0.717) is 0 Å². The second-order valence-electron chi connectivity index (χ2n) is 3.64. The van der Waals surface area contributed by atoms with Crippen LogP contribution in [0.2, 0.25) is 5.02 Å². The van der Waals surface area contributed by atoms with Gasteiger partial charge in [-0.2, -0.15) is 0 Å². The van der Waals surface area contributed by atoms with Crippen molar-refractivity contribution >= 4 is 44.6 Å². The van der Waals surface area contributed by atoms with E-state index in [9.17, 15) is 0 Å². The highest BCUT2D eigenvalue weighted by molar-refractivity contribution is 9.10. The van der Waals surface area contributed by atoms with E-state index in [1.807, 2.05) is 30.6 Å². The molecule has 1 heterocycles. The lowest BCUT2D eigenvalue weighted by Crippen LogP contribution is -2.05. The lowest BCUT2D eigenvalue weighted by Gasteiger charge is -2.08. The van der Waals surface area contributed by atoms with Crippen LogP contribution < -0.4 is 5.32 Å². The van der Waals surface area contributed by atoms with Crippen molar-refractivity contribution in [3.05, 3.63) is 43.8 Å². The topological polar surface area (TPSA) is 24.9 Å². The summed E-state index contributed by atoms with van der Waals surface area (Å²) < 4.78 is 0.919. The quantitative estimate of drug-likeness (QED) is 0.891. The average molecular weight is 332 g/mol. The lowest BCUT2D eigenvalue weighted by atomic mass is 10.3. The highest BCUT2D eigenvalue weighted by Gasteiger charge is 2.04. The second-order valence-corrected chi connectivity index (χ2v) is 5.78. The minimum atomic E-state index is 0.726. The fourth-order valence-electron chi connectivity index (χ4n) is 1.52. The Morgan fingerprint density at radius 3 is 3.00 bits per heavy atom. The molecule has 2 rings (SSSR count). The standard InChI is InChI=1S/C12H12BrClN2S/c1-8-11(17-7-16-8)5-6-15-10-4-2-3-9(14)12(10)13/h2-4,7,15H,5-6H2,1H3. The zero-order valence-electron chi connectivity index (χ0n) is 9.34. The molecule has 0 spiro atoms. The monoisotopic (exact) mass is 330 g/mol. The van der Waals surface area contributed by atoms with Gasteiger partial charge in [-0.1, -0.05) is 17.7 Å². The van der Waals surface area contributed by atoms with Crippen LogP contribution >= 0.6 is 38.9 Å². The maximum absolute atomic E-state index is 6.02. The molecule has 0 unspecified atom stereocenters. The van der Waals surface area contributed by atoms with Gasteiger partial charge < -0.3 is 5.32 Å². The van der Waals surface area contributed by atoms with Crippen LogP contribution in [-0.4, -0.2) is 11.5 Å². The van der Waals surface area contributed by atoms with Gasteiger partial charge >= 0.3 is 0 Å². The van der Waals surface area contributed by atoms with Crippen LogP contribution in [0.3, 0.4) is 0 Å². The number of aryl methyl sites for hydroxylation is 1. The zero-order chi connectivity index (χ0) is 12.3. The zero-order valence-corrected chi connectivity index (χ0v) is 12.5. The first-order valence-electron chi connectivity index (χ1n) is 5.25. The van der Waals surface area contributed by atoms with Crippen molar-refractivity contribution in [3.63, 3.8) is 0 Å². The number of benzene rings is 1. The Morgan fingerprint density at radius 1 is 1.47 bits per heavy atom. The summed E-state index contributed by atoms with van der Waals surface area (Å²) in [6.45, 7) is 2.92. The van der Waals surface area contributed by atoms with Crippen LogP contribution in [0.5, 0.6) is 0 Å². The highest BCUT2D eigenvalue weighted by Crippen LogP contribution is 2.29. The molecule has 0 radical (unpaired) electrons. The number of rotatable bonds is 4. The Labute approximate surface area is 118 Å². The van der Waals surface area contributed by atoms with Crippen LogP contribution in [0.4, 0.5) is 5.69 Å². The fraction of sp³-hybridized carbons (Fsp3) is 0.250. The summed E-state index contributed by atoms with van der Waals surface area (Å²) in [5.41, 5.74) is 4.04. The molecule has 5 heteroatoms.